The standard InChI is InChI=1S/C30H27ClN6O2S/c1-19-17-21-11-7-10-16-25(21)35(19)26(38)18-40-30-33-32-28(23-14-8-9-15-24(23)31)36(30)27-20(2)34(3)37(29(27)39)22-12-5-4-6-13-22/h4-16,19H,17-18H2,1-3H3/t19-/m0/s1. The van der Waals surface area contributed by atoms with Crippen LogP contribution in [0, 0.1) is 6.92 Å². The largest absolute Gasteiger partial charge is 0.308 e. The van der Waals surface area contributed by atoms with Gasteiger partial charge in [-0.25, -0.2) is 4.68 Å². The van der Waals surface area contributed by atoms with Gasteiger partial charge in [0.15, 0.2) is 11.0 Å². The van der Waals surface area contributed by atoms with Crippen molar-refractivity contribution in [3.8, 4) is 22.8 Å². The molecule has 5 aromatic rings. The molecule has 40 heavy (non-hydrogen) atoms. The van der Waals surface area contributed by atoms with Crippen molar-refractivity contribution in [3.63, 3.8) is 0 Å². The number of fused-ring (bicyclic) bond motifs is 1. The normalized spacial score (nSPS) is 14.5. The van der Waals surface area contributed by atoms with Crippen molar-refractivity contribution in [2.45, 2.75) is 31.5 Å². The van der Waals surface area contributed by atoms with Crippen LogP contribution in [0.25, 0.3) is 22.8 Å². The molecule has 1 aliphatic rings. The minimum atomic E-state index is -0.227. The lowest BCUT2D eigenvalue weighted by Crippen LogP contribution is -2.37. The molecule has 0 radical (unpaired) electrons. The SMILES string of the molecule is Cc1c(-n2c(SCC(=O)N3c4ccccc4C[C@@H]3C)nnc2-c2ccccc2Cl)c(=O)n(-c2ccccc2)n1C. The number of amides is 1. The Morgan fingerprint density at radius 3 is 2.48 bits per heavy atom. The van der Waals surface area contributed by atoms with Gasteiger partial charge in [-0.05, 0) is 56.2 Å². The zero-order valence-electron chi connectivity index (χ0n) is 22.3. The van der Waals surface area contributed by atoms with Gasteiger partial charge in [0.25, 0.3) is 5.56 Å². The minimum Gasteiger partial charge on any atom is -0.308 e. The first-order chi connectivity index (χ1) is 19.4. The average molecular weight is 571 g/mol. The van der Waals surface area contributed by atoms with Crippen LogP contribution >= 0.6 is 23.4 Å². The lowest BCUT2D eigenvalue weighted by molar-refractivity contribution is -0.116. The van der Waals surface area contributed by atoms with Crippen molar-refractivity contribution in [3.05, 3.63) is 105 Å². The van der Waals surface area contributed by atoms with Crippen LogP contribution in [0.2, 0.25) is 5.02 Å². The summed E-state index contributed by atoms with van der Waals surface area (Å²) in [4.78, 5) is 29.4. The molecule has 0 aliphatic carbocycles. The van der Waals surface area contributed by atoms with Crippen LogP contribution in [0.3, 0.4) is 0 Å². The summed E-state index contributed by atoms with van der Waals surface area (Å²) in [7, 11) is 1.84. The summed E-state index contributed by atoms with van der Waals surface area (Å²) < 4.78 is 5.16. The number of para-hydroxylation sites is 2. The van der Waals surface area contributed by atoms with Crippen LogP contribution in [0.15, 0.2) is 88.8 Å². The molecular weight excluding hydrogens is 544 g/mol. The number of anilines is 1. The van der Waals surface area contributed by atoms with Gasteiger partial charge in [-0.2, -0.15) is 0 Å². The zero-order valence-corrected chi connectivity index (χ0v) is 23.9. The highest BCUT2D eigenvalue weighted by Crippen LogP contribution is 2.35. The van der Waals surface area contributed by atoms with E-state index < -0.39 is 0 Å². The Labute approximate surface area is 240 Å². The second kappa shape index (κ2) is 10.5. The van der Waals surface area contributed by atoms with Gasteiger partial charge in [0.05, 0.1) is 22.2 Å². The van der Waals surface area contributed by atoms with E-state index in [1.165, 1.54) is 17.3 Å². The molecule has 1 amide bonds. The van der Waals surface area contributed by atoms with Crippen LogP contribution in [0.5, 0.6) is 0 Å². The summed E-state index contributed by atoms with van der Waals surface area (Å²) in [6.45, 7) is 3.94. The first-order valence-corrected chi connectivity index (χ1v) is 14.3. The van der Waals surface area contributed by atoms with Crippen LogP contribution in [0.1, 0.15) is 18.2 Å². The van der Waals surface area contributed by atoms with E-state index in [1.54, 1.807) is 15.3 Å². The first kappa shape index (κ1) is 26.2. The third-order valence-corrected chi connectivity index (χ3v) is 8.54. The van der Waals surface area contributed by atoms with Crippen LogP contribution in [-0.2, 0) is 18.3 Å². The number of halogens is 1. The summed E-state index contributed by atoms with van der Waals surface area (Å²) in [5.74, 6) is 0.548. The molecule has 0 N–H and O–H groups in total. The van der Waals surface area contributed by atoms with Crippen LogP contribution in [-0.4, -0.2) is 41.8 Å². The average Bonchev–Trinajstić information content (AvgIpc) is 3.58. The summed E-state index contributed by atoms with van der Waals surface area (Å²) in [5, 5.41) is 9.85. The van der Waals surface area contributed by atoms with Gasteiger partial charge in [0.1, 0.15) is 5.69 Å². The maximum absolute atomic E-state index is 14.0. The van der Waals surface area contributed by atoms with E-state index in [1.807, 2.05) is 90.3 Å². The number of thioether (sulfide) groups is 1. The molecule has 8 nitrogen and oxygen atoms in total. The first-order valence-electron chi connectivity index (χ1n) is 12.9. The summed E-state index contributed by atoms with van der Waals surface area (Å²) >= 11 is 7.84. The third-order valence-electron chi connectivity index (χ3n) is 7.30. The van der Waals surface area contributed by atoms with Gasteiger partial charge in [0.2, 0.25) is 5.91 Å². The van der Waals surface area contributed by atoms with Gasteiger partial charge in [0, 0.05) is 24.3 Å². The molecule has 3 aromatic carbocycles. The summed E-state index contributed by atoms with van der Waals surface area (Å²) in [5.41, 5.74) is 4.39. The Hall–Kier alpha value is -4.08. The predicted molar refractivity (Wildman–Crippen MR) is 159 cm³/mol. The molecule has 0 spiro atoms. The smallest absolute Gasteiger partial charge is 0.296 e. The number of carbonyl (C=O) groups is 1. The Morgan fingerprint density at radius 1 is 1.00 bits per heavy atom. The second-order valence-corrected chi connectivity index (χ2v) is 11.1. The summed E-state index contributed by atoms with van der Waals surface area (Å²) in [6, 6.07) is 24.8. The van der Waals surface area contributed by atoms with Gasteiger partial charge in [-0.15, -0.1) is 10.2 Å². The Morgan fingerprint density at radius 2 is 1.70 bits per heavy atom. The van der Waals surface area contributed by atoms with E-state index in [-0.39, 0.29) is 23.3 Å². The number of hydrogen-bond acceptors (Lipinski definition) is 5. The van der Waals surface area contributed by atoms with Crippen LogP contribution < -0.4 is 10.5 Å². The van der Waals surface area contributed by atoms with Crippen molar-refractivity contribution in [1.29, 1.82) is 0 Å². The summed E-state index contributed by atoms with van der Waals surface area (Å²) in [6.07, 6.45) is 0.821. The lowest BCUT2D eigenvalue weighted by Gasteiger charge is -2.22. The molecule has 0 saturated carbocycles. The fourth-order valence-corrected chi connectivity index (χ4v) is 6.35. The van der Waals surface area contributed by atoms with Gasteiger partial charge >= 0.3 is 0 Å². The molecule has 10 heteroatoms. The maximum Gasteiger partial charge on any atom is 0.296 e. The maximum atomic E-state index is 14.0. The lowest BCUT2D eigenvalue weighted by atomic mass is 10.1. The van der Waals surface area contributed by atoms with Crippen molar-refractivity contribution in [2.24, 2.45) is 7.05 Å². The van der Waals surface area contributed by atoms with Crippen molar-refractivity contribution < 1.29 is 4.79 Å². The molecule has 6 rings (SSSR count). The Balaban J connectivity index is 1.44. The fraction of sp³-hybridized carbons (Fsp3) is 0.200. The highest BCUT2D eigenvalue weighted by molar-refractivity contribution is 7.99. The molecule has 1 aliphatic heterocycles. The topological polar surface area (TPSA) is 78.0 Å². The Kier molecular flexibility index (Phi) is 6.85. The second-order valence-electron chi connectivity index (χ2n) is 9.77. The van der Waals surface area contributed by atoms with E-state index in [0.717, 1.165) is 23.5 Å². The van der Waals surface area contributed by atoms with E-state index in [0.29, 0.717) is 27.3 Å². The molecule has 0 fully saturated rings. The molecule has 0 unspecified atom stereocenters. The number of carbonyl (C=O) groups excluding carboxylic acids is 1. The number of hydrogen-bond donors (Lipinski definition) is 0. The zero-order chi connectivity index (χ0) is 28.0. The fourth-order valence-electron chi connectivity index (χ4n) is 5.34. The number of benzene rings is 3. The molecule has 1 atom stereocenters. The molecule has 0 bridgehead atoms. The van der Waals surface area contributed by atoms with E-state index in [9.17, 15) is 9.59 Å². The predicted octanol–water partition coefficient (Wildman–Crippen LogP) is 5.46. The van der Waals surface area contributed by atoms with E-state index in [2.05, 4.69) is 23.2 Å². The number of nitrogens with zero attached hydrogens (tertiary/aromatic N) is 6. The van der Waals surface area contributed by atoms with Crippen molar-refractivity contribution >= 4 is 35.0 Å². The molecule has 2 aromatic heterocycles. The number of aromatic nitrogens is 5. The molecular formula is C30H27ClN6O2S. The van der Waals surface area contributed by atoms with Gasteiger partial charge < -0.3 is 4.90 Å². The highest BCUT2D eigenvalue weighted by Gasteiger charge is 2.31. The van der Waals surface area contributed by atoms with Gasteiger partial charge in [-0.3, -0.25) is 18.8 Å². The van der Waals surface area contributed by atoms with E-state index >= 15 is 0 Å². The third kappa shape index (κ3) is 4.35. The minimum absolute atomic E-state index is 0.0252. The number of rotatable bonds is 6. The van der Waals surface area contributed by atoms with Crippen molar-refractivity contribution in [2.75, 3.05) is 10.7 Å². The van der Waals surface area contributed by atoms with Crippen LogP contribution in [0.4, 0.5) is 5.69 Å². The van der Waals surface area contributed by atoms with E-state index in [4.69, 9.17) is 11.6 Å². The monoisotopic (exact) mass is 570 g/mol. The quantitative estimate of drug-likeness (QED) is 0.254. The van der Waals surface area contributed by atoms with Gasteiger partial charge in [-0.1, -0.05) is 71.9 Å². The highest BCUT2D eigenvalue weighted by atomic mass is 35.5. The van der Waals surface area contributed by atoms with Crippen molar-refractivity contribution in [1.82, 2.24) is 24.1 Å². The Bertz CT molecular complexity index is 1790. The molecule has 0 saturated heterocycles. The molecule has 202 valence electrons. The molecule has 3 heterocycles.